The van der Waals surface area contributed by atoms with E-state index in [1.54, 1.807) is 6.07 Å². The minimum Gasteiger partial charge on any atom is -0.465 e. The van der Waals surface area contributed by atoms with E-state index in [-0.39, 0.29) is 5.95 Å². The summed E-state index contributed by atoms with van der Waals surface area (Å²) in [5, 5.41) is 21.1. The largest absolute Gasteiger partial charge is 0.465 e. The first kappa shape index (κ1) is 12.5. The number of aromatic nitrogens is 5. The number of carboxylic acid groups (broad SMARTS) is 1. The van der Waals surface area contributed by atoms with E-state index >= 15 is 0 Å². The Morgan fingerprint density at radius 2 is 2.20 bits per heavy atom. The van der Waals surface area contributed by atoms with Crippen molar-refractivity contribution in [3.05, 3.63) is 23.9 Å². The van der Waals surface area contributed by atoms with Crippen LogP contribution in [0, 0.1) is 6.92 Å². The molecule has 1 N–H and O–H groups in total. The third kappa shape index (κ3) is 1.97. The fourth-order valence-electron chi connectivity index (χ4n) is 1.69. The number of nitrogens with zero attached hydrogens (tertiary/aromatic N) is 6. The molecule has 0 bridgehead atoms. The summed E-state index contributed by atoms with van der Waals surface area (Å²) in [6, 6.07) is 5.47. The summed E-state index contributed by atoms with van der Waals surface area (Å²) in [6.45, 7) is 1.90. The number of amides is 1. The molecular weight excluding hydrogens is 280 g/mol. The van der Waals surface area contributed by atoms with Crippen LogP contribution in [0.2, 0.25) is 0 Å². The molecule has 0 spiro atoms. The van der Waals surface area contributed by atoms with E-state index in [1.807, 2.05) is 19.1 Å². The molecule has 0 aromatic carbocycles. The molecule has 3 rings (SSSR count). The molecular formula is C11H10N6O2S. The Bertz CT molecular complexity index is 795. The second kappa shape index (κ2) is 4.53. The number of hydrogen-bond donors (Lipinski definition) is 1. The standard InChI is InChI=1S/C11H10N6O2S/c1-6-5-8(20-15-6)7-3-4-9-12-13-10(17(9)14-7)16(2)11(18)19/h3-5H,1-2H3,(H,18,19). The van der Waals surface area contributed by atoms with Crippen LogP contribution in [0.4, 0.5) is 10.7 Å². The fourth-order valence-corrected chi connectivity index (χ4v) is 2.41. The van der Waals surface area contributed by atoms with E-state index in [4.69, 9.17) is 5.11 Å². The number of aryl methyl sites for hydroxylation is 1. The maximum absolute atomic E-state index is 11.0. The second-order valence-corrected chi connectivity index (χ2v) is 4.97. The first-order chi connectivity index (χ1) is 9.56. The maximum Gasteiger partial charge on any atom is 0.414 e. The van der Waals surface area contributed by atoms with Gasteiger partial charge in [0, 0.05) is 7.05 Å². The normalized spacial score (nSPS) is 10.9. The van der Waals surface area contributed by atoms with E-state index in [1.165, 1.54) is 23.1 Å². The van der Waals surface area contributed by atoms with Crippen molar-refractivity contribution < 1.29 is 9.90 Å². The van der Waals surface area contributed by atoms with Gasteiger partial charge in [0.2, 0.25) is 0 Å². The summed E-state index contributed by atoms with van der Waals surface area (Å²) < 4.78 is 5.60. The van der Waals surface area contributed by atoms with Crippen LogP contribution in [0.3, 0.4) is 0 Å². The highest BCUT2D eigenvalue weighted by Crippen LogP contribution is 2.23. The van der Waals surface area contributed by atoms with Gasteiger partial charge in [-0.2, -0.15) is 14.0 Å². The molecule has 3 aromatic heterocycles. The van der Waals surface area contributed by atoms with Gasteiger partial charge in [-0.1, -0.05) is 0 Å². The van der Waals surface area contributed by atoms with Crippen LogP contribution in [0.25, 0.3) is 16.2 Å². The highest BCUT2D eigenvalue weighted by molar-refractivity contribution is 7.09. The van der Waals surface area contributed by atoms with Gasteiger partial charge in [-0.15, -0.1) is 10.2 Å². The van der Waals surface area contributed by atoms with Crippen molar-refractivity contribution >= 4 is 29.2 Å². The SMILES string of the molecule is Cc1cc(-c2ccc3nnc(N(C)C(=O)O)n3n2)sn1. The minimum atomic E-state index is -1.12. The Morgan fingerprint density at radius 3 is 2.85 bits per heavy atom. The Kier molecular flexibility index (Phi) is 2.83. The highest BCUT2D eigenvalue weighted by Gasteiger charge is 2.17. The molecule has 0 unspecified atom stereocenters. The van der Waals surface area contributed by atoms with E-state index in [0.29, 0.717) is 11.3 Å². The van der Waals surface area contributed by atoms with Crippen molar-refractivity contribution in [3.8, 4) is 10.6 Å². The zero-order valence-corrected chi connectivity index (χ0v) is 11.5. The fraction of sp³-hybridized carbons (Fsp3) is 0.182. The van der Waals surface area contributed by atoms with Gasteiger partial charge in [0.1, 0.15) is 5.69 Å². The Balaban J connectivity index is 2.14. The van der Waals surface area contributed by atoms with Crippen LogP contribution in [0.5, 0.6) is 0 Å². The molecule has 0 atom stereocenters. The monoisotopic (exact) mass is 290 g/mol. The topological polar surface area (TPSA) is 96.5 Å². The molecule has 102 valence electrons. The molecule has 20 heavy (non-hydrogen) atoms. The van der Waals surface area contributed by atoms with Gasteiger partial charge in [-0.05, 0) is 36.7 Å². The van der Waals surface area contributed by atoms with Crippen LogP contribution in [-0.2, 0) is 0 Å². The lowest BCUT2D eigenvalue weighted by Gasteiger charge is -2.09. The molecule has 0 fully saturated rings. The predicted octanol–water partition coefficient (Wildman–Crippen LogP) is 1.67. The van der Waals surface area contributed by atoms with Crippen molar-refractivity contribution in [2.45, 2.75) is 6.92 Å². The van der Waals surface area contributed by atoms with Crippen LogP contribution in [0.15, 0.2) is 18.2 Å². The molecule has 0 saturated carbocycles. The zero-order chi connectivity index (χ0) is 14.3. The molecule has 9 heteroatoms. The van der Waals surface area contributed by atoms with Gasteiger partial charge in [0.25, 0.3) is 5.95 Å². The number of rotatable bonds is 2. The van der Waals surface area contributed by atoms with E-state index < -0.39 is 6.09 Å². The van der Waals surface area contributed by atoms with Crippen molar-refractivity contribution in [2.75, 3.05) is 11.9 Å². The quantitative estimate of drug-likeness (QED) is 0.771. The van der Waals surface area contributed by atoms with Crippen LogP contribution in [0.1, 0.15) is 5.69 Å². The number of anilines is 1. The van der Waals surface area contributed by atoms with Crippen LogP contribution in [-0.4, -0.2) is 42.4 Å². The third-order valence-electron chi connectivity index (χ3n) is 2.71. The van der Waals surface area contributed by atoms with Gasteiger partial charge in [0.15, 0.2) is 5.65 Å². The molecule has 0 aliphatic heterocycles. The number of fused-ring (bicyclic) bond motifs is 1. The predicted molar refractivity (Wildman–Crippen MR) is 73.1 cm³/mol. The average molecular weight is 290 g/mol. The first-order valence-electron chi connectivity index (χ1n) is 5.69. The molecule has 8 nitrogen and oxygen atoms in total. The van der Waals surface area contributed by atoms with Gasteiger partial charge >= 0.3 is 6.09 Å². The zero-order valence-electron chi connectivity index (χ0n) is 10.7. The van der Waals surface area contributed by atoms with Gasteiger partial charge < -0.3 is 5.11 Å². The summed E-state index contributed by atoms with van der Waals surface area (Å²) in [7, 11) is 1.39. The summed E-state index contributed by atoms with van der Waals surface area (Å²) in [4.78, 5) is 12.9. The average Bonchev–Trinajstić information content (AvgIpc) is 3.03. The summed E-state index contributed by atoms with van der Waals surface area (Å²) in [5.74, 6) is 0.149. The molecule has 3 heterocycles. The lowest BCUT2D eigenvalue weighted by Crippen LogP contribution is -2.26. The van der Waals surface area contributed by atoms with E-state index in [2.05, 4.69) is 19.7 Å². The Labute approximate surface area is 117 Å². The van der Waals surface area contributed by atoms with Gasteiger partial charge in [-0.25, -0.2) is 9.69 Å². The van der Waals surface area contributed by atoms with Crippen LogP contribution < -0.4 is 4.90 Å². The van der Waals surface area contributed by atoms with Crippen LogP contribution >= 0.6 is 11.5 Å². The Morgan fingerprint density at radius 1 is 1.40 bits per heavy atom. The Hall–Kier alpha value is -2.55. The van der Waals surface area contributed by atoms with Crippen molar-refractivity contribution in [1.29, 1.82) is 0 Å². The number of hydrogen-bond acceptors (Lipinski definition) is 6. The lowest BCUT2D eigenvalue weighted by atomic mass is 10.3. The minimum absolute atomic E-state index is 0.149. The van der Waals surface area contributed by atoms with Crippen molar-refractivity contribution in [1.82, 2.24) is 24.2 Å². The summed E-state index contributed by atoms with van der Waals surface area (Å²) in [6.07, 6.45) is -1.12. The first-order valence-corrected chi connectivity index (χ1v) is 6.46. The molecule has 0 aliphatic rings. The number of carbonyl (C=O) groups is 1. The second-order valence-electron chi connectivity index (χ2n) is 4.16. The van der Waals surface area contributed by atoms with Gasteiger partial charge in [-0.3, -0.25) is 0 Å². The lowest BCUT2D eigenvalue weighted by molar-refractivity contribution is 0.203. The van der Waals surface area contributed by atoms with E-state index in [0.717, 1.165) is 15.5 Å². The molecule has 0 radical (unpaired) electrons. The van der Waals surface area contributed by atoms with Gasteiger partial charge in [0.05, 0.1) is 10.6 Å². The summed E-state index contributed by atoms with van der Waals surface area (Å²) in [5.41, 5.74) is 2.10. The summed E-state index contributed by atoms with van der Waals surface area (Å²) >= 11 is 1.34. The van der Waals surface area contributed by atoms with E-state index in [9.17, 15) is 4.79 Å². The smallest absolute Gasteiger partial charge is 0.414 e. The maximum atomic E-state index is 11.0. The molecule has 0 aliphatic carbocycles. The molecule has 0 saturated heterocycles. The van der Waals surface area contributed by atoms with Crippen molar-refractivity contribution in [3.63, 3.8) is 0 Å². The molecule has 1 amide bonds. The highest BCUT2D eigenvalue weighted by atomic mass is 32.1. The van der Waals surface area contributed by atoms with Crippen molar-refractivity contribution in [2.24, 2.45) is 0 Å². The third-order valence-corrected chi connectivity index (χ3v) is 3.62. The molecule has 3 aromatic rings.